The van der Waals surface area contributed by atoms with Crippen molar-refractivity contribution in [3.63, 3.8) is 0 Å². The van der Waals surface area contributed by atoms with Gasteiger partial charge in [0.05, 0.1) is 6.04 Å². The highest BCUT2D eigenvalue weighted by molar-refractivity contribution is 7.11. The molecule has 0 amide bonds. The van der Waals surface area contributed by atoms with Gasteiger partial charge < -0.3 is 5.32 Å². The minimum absolute atomic E-state index is 0.366. The van der Waals surface area contributed by atoms with Crippen LogP contribution in [0.25, 0.3) is 0 Å². The normalized spacial score (nSPS) is 14.8. The lowest BCUT2D eigenvalue weighted by molar-refractivity contribution is 0.556. The third kappa shape index (κ3) is 4.03. The van der Waals surface area contributed by atoms with Crippen molar-refractivity contribution in [2.45, 2.75) is 64.8 Å². The van der Waals surface area contributed by atoms with Crippen LogP contribution in [0.4, 0.5) is 0 Å². The van der Waals surface area contributed by atoms with Crippen LogP contribution in [0, 0.1) is 0 Å². The van der Waals surface area contributed by atoms with E-state index in [4.69, 9.17) is 0 Å². The molecule has 3 nitrogen and oxygen atoms in total. The molecule has 0 fully saturated rings. The van der Waals surface area contributed by atoms with Crippen molar-refractivity contribution in [3.8, 4) is 0 Å². The van der Waals surface area contributed by atoms with E-state index in [0.29, 0.717) is 12.0 Å². The fourth-order valence-corrected chi connectivity index (χ4v) is 3.26. The van der Waals surface area contributed by atoms with Crippen LogP contribution in [0.1, 0.15) is 74.9 Å². The van der Waals surface area contributed by atoms with Crippen LogP contribution >= 0.6 is 11.3 Å². The number of hydrogen-bond donors (Lipinski definition) is 1. The summed E-state index contributed by atoms with van der Waals surface area (Å²) in [7, 11) is 1.99. The second kappa shape index (κ2) is 7.77. The molecule has 0 radical (unpaired) electrons. The van der Waals surface area contributed by atoms with Crippen LogP contribution in [0.5, 0.6) is 0 Å². The quantitative estimate of drug-likeness (QED) is 0.765. The summed E-state index contributed by atoms with van der Waals surface area (Å²) >= 11 is 1.79. The van der Waals surface area contributed by atoms with Gasteiger partial charge in [-0.3, -0.25) is 0 Å². The molecule has 0 bridgehead atoms. The van der Waals surface area contributed by atoms with E-state index in [1.54, 1.807) is 11.3 Å². The number of unbranched alkanes of at least 4 members (excludes halogenated alkanes) is 1. The second-order valence-electron chi connectivity index (χ2n) is 4.48. The lowest BCUT2D eigenvalue weighted by Crippen LogP contribution is -2.14. The first-order chi connectivity index (χ1) is 8.26. The van der Waals surface area contributed by atoms with Gasteiger partial charge in [-0.05, 0) is 26.3 Å². The third-order valence-corrected chi connectivity index (χ3v) is 4.46. The fraction of sp³-hybridized carbons (Fsp3) is 0.846. The molecule has 1 aromatic heterocycles. The van der Waals surface area contributed by atoms with E-state index in [1.165, 1.54) is 30.7 Å². The number of nitrogens with zero attached hydrogens (tertiary/aromatic N) is 2. The molecule has 1 aromatic rings. The van der Waals surface area contributed by atoms with Crippen molar-refractivity contribution in [2.24, 2.45) is 0 Å². The zero-order chi connectivity index (χ0) is 12.7. The largest absolute Gasteiger partial charge is 0.311 e. The third-order valence-electron chi connectivity index (χ3n) is 3.26. The van der Waals surface area contributed by atoms with Crippen molar-refractivity contribution in [2.75, 3.05) is 7.05 Å². The van der Waals surface area contributed by atoms with Gasteiger partial charge in [0.2, 0.25) is 0 Å². The highest BCUT2D eigenvalue weighted by Crippen LogP contribution is 2.30. The summed E-state index contributed by atoms with van der Waals surface area (Å²) < 4.78 is 0. The Balaban J connectivity index is 2.70. The van der Waals surface area contributed by atoms with Gasteiger partial charge in [-0.25, -0.2) is 0 Å². The average Bonchev–Trinajstić information content (AvgIpc) is 2.81. The Hall–Kier alpha value is -0.480. The van der Waals surface area contributed by atoms with Gasteiger partial charge in [0.25, 0.3) is 0 Å². The van der Waals surface area contributed by atoms with Crippen LogP contribution in [-0.4, -0.2) is 17.2 Å². The summed E-state index contributed by atoms with van der Waals surface area (Å²) in [5.41, 5.74) is 0. The first kappa shape index (κ1) is 14.6. The standard InChI is InChI=1S/C13H25N3S/c1-5-8-9-10(6-2)12-15-16-13(17-12)11(7-3)14-4/h10-11,14H,5-9H2,1-4H3. The molecule has 1 N–H and O–H groups in total. The molecule has 0 aliphatic rings. The maximum atomic E-state index is 4.39. The predicted molar refractivity (Wildman–Crippen MR) is 74.6 cm³/mol. The Labute approximate surface area is 109 Å². The van der Waals surface area contributed by atoms with E-state index in [1.807, 2.05) is 7.05 Å². The number of hydrogen-bond acceptors (Lipinski definition) is 4. The summed E-state index contributed by atoms with van der Waals surface area (Å²) in [6.07, 6.45) is 6.03. The lowest BCUT2D eigenvalue weighted by Gasteiger charge is -2.10. The van der Waals surface area contributed by atoms with Gasteiger partial charge in [0.15, 0.2) is 0 Å². The Morgan fingerprint density at radius 2 is 1.82 bits per heavy atom. The molecule has 17 heavy (non-hydrogen) atoms. The zero-order valence-electron chi connectivity index (χ0n) is 11.5. The van der Waals surface area contributed by atoms with E-state index in [-0.39, 0.29) is 0 Å². The maximum Gasteiger partial charge on any atom is 0.134 e. The molecule has 2 unspecified atom stereocenters. The predicted octanol–water partition coefficient (Wildman–Crippen LogP) is 3.89. The van der Waals surface area contributed by atoms with Crippen LogP contribution in [0.15, 0.2) is 0 Å². The highest BCUT2D eigenvalue weighted by Gasteiger charge is 2.18. The van der Waals surface area contributed by atoms with Gasteiger partial charge in [-0.15, -0.1) is 10.2 Å². The Bertz CT molecular complexity index is 307. The molecular weight excluding hydrogens is 230 g/mol. The molecular formula is C13H25N3S. The van der Waals surface area contributed by atoms with Crippen molar-refractivity contribution < 1.29 is 0 Å². The van der Waals surface area contributed by atoms with E-state index in [2.05, 4.69) is 36.3 Å². The van der Waals surface area contributed by atoms with Crippen molar-refractivity contribution in [1.82, 2.24) is 15.5 Å². The van der Waals surface area contributed by atoms with Crippen molar-refractivity contribution in [1.29, 1.82) is 0 Å². The molecule has 2 atom stereocenters. The smallest absolute Gasteiger partial charge is 0.134 e. The topological polar surface area (TPSA) is 37.8 Å². The molecule has 0 saturated carbocycles. The molecule has 4 heteroatoms. The first-order valence-electron chi connectivity index (χ1n) is 6.77. The minimum Gasteiger partial charge on any atom is -0.311 e. The van der Waals surface area contributed by atoms with Crippen LogP contribution in [0.2, 0.25) is 0 Å². The monoisotopic (exact) mass is 255 g/mol. The SMILES string of the molecule is CCCCC(CC)c1nnc(C(CC)NC)s1. The van der Waals surface area contributed by atoms with Crippen LogP contribution < -0.4 is 5.32 Å². The Kier molecular flexibility index (Phi) is 6.66. The molecule has 98 valence electrons. The molecule has 0 aliphatic carbocycles. The van der Waals surface area contributed by atoms with Crippen LogP contribution in [-0.2, 0) is 0 Å². The van der Waals surface area contributed by atoms with Crippen molar-refractivity contribution >= 4 is 11.3 Å². The Morgan fingerprint density at radius 3 is 2.35 bits per heavy atom. The molecule has 0 aromatic carbocycles. The highest BCUT2D eigenvalue weighted by atomic mass is 32.1. The lowest BCUT2D eigenvalue weighted by atomic mass is 10.0. The number of nitrogens with one attached hydrogen (secondary N) is 1. The maximum absolute atomic E-state index is 4.39. The van der Waals surface area contributed by atoms with Crippen LogP contribution in [0.3, 0.4) is 0 Å². The Morgan fingerprint density at radius 1 is 1.12 bits per heavy atom. The second-order valence-corrected chi connectivity index (χ2v) is 5.52. The molecule has 0 aliphatic heterocycles. The molecule has 1 rings (SSSR count). The fourth-order valence-electron chi connectivity index (χ4n) is 2.01. The van der Waals surface area contributed by atoms with Gasteiger partial charge in [0, 0.05) is 5.92 Å². The van der Waals surface area contributed by atoms with Crippen molar-refractivity contribution in [3.05, 3.63) is 10.0 Å². The number of rotatable bonds is 8. The summed E-state index contributed by atoms with van der Waals surface area (Å²) in [4.78, 5) is 0. The molecule has 0 spiro atoms. The minimum atomic E-state index is 0.366. The van der Waals surface area contributed by atoms with E-state index < -0.39 is 0 Å². The van der Waals surface area contributed by atoms with Gasteiger partial charge in [-0.1, -0.05) is 44.9 Å². The molecule has 0 saturated heterocycles. The summed E-state index contributed by atoms with van der Waals surface area (Å²) in [6.45, 7) is 6.67. The van der Waals surface area contributed by atoms with Gasteiger partial charge in [-0.2, -0.15) is 0 Å². The van der Waals surface area contributed by atoms with E-state index in [0.717, 1.165) is 11.4 Å². The zero-order valence-corrected chi connectivity index (χ0v) is 12.3. The van der Waals surface area contributed by atoms with Gasteiger partial charge in [0.1, 0.15) is 10.0 Å². The van der Waals surface area contributed by atoms with E-state index in [9.17, 15) is 0 Å². The first-order valence-corrected chi connectivity index (χ1v) is 7.58. The summed E-state index contributed by atoms with van der Waals surface area (Å²) in [5, 5.41) is 14.4. The van der Waals surface area contributed by atoms with Gasteiger partial charge >= 0.3 is 0 Å². The van der Waals surface area contributed by atoms with E-state index >= 15 is 0 Å². The average molecular weight is 255 g/mol. The summed E-state index contributed by atoms with van der Waals surface area (Å²) in [6, 6.07) is 0.366. The molecule has 1 heterocycles. The number of aromatic nitrogens is 2. The summed E-state index contributed by atoms with van der Waals surface area (Å²) in [5.74, 6) is 0.607.